The van der Waals surface area contributed by atoms with Crippen molar-refractivity contribution in [2.45, 2.75) is 33.2 Å². The monoisotopic (exact) mass is 657 g/mol. The number of carbonyl (C=O) groups is 3. The number of nitrogens with one attached hydrogen (secondary N) is 3. The van der Waals surface area contributed by atoms with Crippen LogP contribution in [-0.2, 0) is 24.5 Å². The van der Waals surface area contributed by atoms with E-state index in [1.165, 1.54) is 11.2 Å². The van der Waals surface area contributed by atoms with Crippen LogP contribution in [0.15, 0.2) is 42.5 Å². The molecule has 2 aromatic carbocycles. The Balaban J connectivity index is 1.63. The minimum absolute atomic E-state index is 0.124. The van der Waals surface area contributed by atoms with E-state index in [1.807, 2.05) is 24.3 Å². The topological polar surface area (TPSA) is 167 Å². The number of rotatable bonds is 15. The Labute approximate surface area is 270 Å². The number of anilines is 1. The van der Waals surface area contributed by atoms with Gasteiger partial charge in [0, 0.05) is 70.1 Å². The van der Waals surface area contributed by atoms with Crippen molar-refractivity contribution >= 4 is 33.7 Å². The maximum absolute atomic E-state index is 13.0. The summed E-state index contributed by atoms with van der Waals surface area (Å²) in [7, 11) is -2.37. The highest BCUT2D eigenvalue weighted by Gasteiger charge is 2.33. The predicted octanol–water partition coefficient (Wildman–Crippen LogP) is 1.43. The van der Waals surface area contributed by atoms with E-state index in [0.29, 0.717) is 56.1 Å². The van der Waals surface area contributed by atoms with Gasteiger partial charge < -0.3 is 30.1 Å². The fourth-order valence-corrected chi connectivity index (χ4v) is 6.08. The predicted molar refractivity (Wildman–Crippen MR) is 174 cm³/mol. The summed E-state index contributed by atoms with van der Waals surface area (Å²) in [4.78, 5) is 37.5. The lowest BCUT2D eigenvalue weighted by molar-refractivity contribution is -0.140. The molecule has 2 aromatic rings. The zero-order valence-electron chi connectivity index (χ0n) is 26.7. The fraction of sp³-hybridized carbons (Fsp3) is 0.469. The highest BCUT2D eigenvalue weighted by atomic mass is 32.2. The van der Waals surface area contributed by atoms with Gasteiger partial charge in [-0.25, -0.2) is 0 Å². The summed E-state index contributed by atoms with van der Waals surface area (Å²) < 4.78 is 39.9. The molecule has 0 bridgehead atoms. The lowest BCUT2D eigenvalue weighted by Crippen LogP contribution is -2.55. The second-order valence-corrected chi connectivity index (χ2v) is 12.7. The smallest absolute Gasteiger partial charge is 0.322 e. The molecule has 1 aliphatic rings. The average molecular weight is 658 g/mol. The molecule has 3 rings (SSSR count). The van der Waals surface area contributed by atoms with Crippen molar-refractivity contribution in [3.05, 3.63) is 59.2 Å². The average Bonchev–Trinajstić information content (AvgIpc) is 3.03. The Morgan fingerprint density at radius 3 is 2.17 bits per heavy atom. The van der Waals surface area contributed by atoms with Crippen LogP contribution in [0.25, 0.3) is 0 Å². The Hall–Kier alpha value is -4.16. The number of ether oxygens (including phenoxy) is 2. The Morgan fingerprint density at radius 2 is 1.57 bits per heavy atom. The van der Waals surface area contributed by atoms with Crippen LogP contribution in [-0.4, -0.2) is 101 Å². The Morgan fingerprint density at radius 1 is 0.935 bits per heavy atom. The van der Waals surface area contributed by atoms with Crippen molar-refractivity contribution in [1.29, 1.82) is 0 Å². The summed E-state index contributed by atoms with van der Waals surface area (Å²) in [6.45, 7) is 7.57. The fourth-order valence-electron chi connectivity index (χ4n) is 4.59. The molecule has 14 heteroatoms. The Kier molecular flexibility index (Phi) is 13.8. The van der Waals surface area contributed by atoms with Crippen LogP contribution >= 0.6 is 0 Å². The number of hydrogen-bond donors (Lipinski definition) is 4. The van der Waals surface area contributed by atoms with E-state index in [-0.39, 0.29) is 31.5 Å². The van der Waals surface area contributed by atoms with Crippen LogP contribution in [0.4, 0.5) is 5.69 Å². The first kappa shape index (κ1) is 36.3. The maximum Gasteiger partial charge on any atom is 0.322 e. The standard InChI is InChI=1S/C32H43N5O8S/c1-23(2)30(32(40)41)35-46(42,43)37-18-16-36(17-19-37)27-11-8-25(9-12-27)6-7-26-10-13-29(45-21-20-44-4)28(22-26)31(39)34-15-5-14-33-24(3)38/h8-13,22-23,30,35H,5,14-21H2,1-4H3,(H,33,38)(H,34,39)(H,40,41). The number of amides is 2. The van der Waals surface area contributed by atoms with Crippen LogP contribution in [0.2, 0.25) is 0 Å². The van der Waals surface area contributed by atoms with Crippen molar-refractivity contribution in [2.24, 2.45) is 5.92 Å². The normalized spacial score (nSPS) is 14.2. The zero-order valence-corrected chi connectivity index (χ0v) is 27.5. The third kappa shape index (κ3) is 11.0. The molecule has 0 spiro atoms. The number of aliphatic carboxylic acids is 1. The van der Waals surface area contributed by atoms with E-state index < -0.39 is 28.1 Å². The van der Waals surface area contributed by atoms with Gasteiger partial charge in [0.05, 0.1) is 12.2 Å². The van der Waals surface area contributed by atoms with E-state index in [4.69, 9.17) is 9.47 Å². The SMILES string of the molecule is COCCOc1ccc(C#Cc2ccc(N3CCN(S(=O)(=O)NC(C(=O)O)C(C)C)CC3)cc2)cc1C(=O)NCCCNC(C)=O. The second-order valence-electron chi connectivity index (χ2n) is 11.0. The lowest BCUT2D eigenvalue weighted by Gasteiger charge is -2.36. The summed E-state index contributed by atoms with van der Waals surface area (Å²) in [5.74, 6) is 4.59. The van der Waals surface area contributed by atoms with Crippen LogP contribution < -0.4 is 25.0 Å². The van der Waals surface area contributed by atoms with Crippen LogP contribution in [0.3, 0.4) is 0 Å². The molecule has 13 nitrogen and oxygen atoms in total. The molecule has 1 atom stereocenters. The molecular weight excluding hydrogens is 614 g/mol. The molecule has 1 heterocycles. The van der Waals surface area contributed by atoms with E-state index >= 15 is 0 Å². The summed E-state index contributed by atoms with van der Waals surface area (Å²) >= 11 is 0. The highest BCUT2D eigenvalue weighted by Crippen LogP contribution is 2.21. The molecular formula is C32H43N5O8S. The molecule has 1 aliphatic heterocycles. The van der Waals surface area contributed by atoms with Gasteiger partial charge in [0.1, 0.15) is 18.4 Å². The van der Waals surface area contributed by atoms with E-state index in [1.54, 1.807) is 39.2 Å². The molecule has 2 amide bonds. The molecule has 1 saturated heterocycles. The summed E-state index contributed by atoms with van der Waals surface area (Å²) in [6, 6.07) is 11.5. The third-order valence-corrected chi connectivity index (χ3v) is 8.75. The largest absolute Gasteiger partial charge is 0.490 e. The Bertz CT molecular complexity index is 1510. The molecule has 0 saturated carbocycles. The number of carboxylic acids is 1. The van der Waals surface area contributed by atoms with Crippen molar-refractivity contribution in [3.63, 3.8) is 0 Å². The minimum atomic E-state index is -3.94. The molecule has 4 N–H and O–H groups in total. The van der Waals surface area contributed by atoms with Gasteiger partial charge in [0.25, 0.3) is 16.1 Å². The summed E-state index contributed by atoms with van der Waals surface area (Å²) in [5, 5.41) is 14.9. The lowest BCUT2D eigenvalue weighted by atomic mass is 10.1. The van der Waals surface area contributed by atoms with Crippen molar-refractivity contribution in [1.82, 2.24) is 19.7 Å². The summed E-state index contributed by atoms with van der Waals surface area (Å²) in [5.41, 5.74) is 2.64. The van der Waals surface area contributed by atoms with Gasteiger partial charge in [-0.3, -0.25) is 14.4 Å². The highest BCUT2D eigenvalue weighted by molar-refractivity contribution is 7.87. The zero-order chi connectivity index (χ0) is 33.7. The van der Waals surface area contributed by atoms with Gasteiger partial charge in [0.2, 0.25) is 5.91 Å². The molecule has 1 fully saturated rings. The quantitative estimate of drug-likeness (QED) is 0.164. The molecule has 0 aliphatic carbocycles. The van der Waals surface area contributed by atoms with Crippen molar-refractivity contribution in [2.75, 3.05) is 64.5 Å². The summed E-state index contributed by atoms with van der Waals surface area (Å²) in [6.07, 6.45) is 0.582. The first-order chi connectivity index (χ1) is 21.9. The van der Waals surface area contributed by atoms with E-state index in [9.17, 15) is 27.9 Å². The van der Waals surface area contributed by atoms with Crippen LogP contribution in [0.5, 0.6) is 5.75 Å². The van der Waals surface area contributed by atoms with Gasteiger partial charge >= 0.3 is 5.97 Å². The molecule has 1 unspecified atom stereocenters. The van der Waals surface area contributed by atoms with Crippen LogP contribution in [0, 0.1) is 17.8 Å². The van der Waals surface area contributed by atoms with Crippen molar-refractivity contribution in [3.8, 4) is 17.6 Å². The maximum atomic E-state index is 13.0. The minimum Gasteiger partial charge on any atom is -0.490 e. The molecule has 46 heavy (non-hydrogen) atoms. The van der Waals surface area contributed by atoms with Crippen molar-refractivity contribution < 1.29 is 37.4 Å². The number of nitrogens with zero attached hydrogens (tertiary/aromatic N) is 2. The second kappa shape index (κ2) is 17.5. The molecule has 0 radical (unpaired) electrons. The molecule has 0 aromatic heterocycles. The first-order valence-corrected chi connectivity index (χ1v) is 16.5. The van der Waals surface area contributed by atoms with E-state index in [2.05, 4.69) is 32.1 Å². The van der Waals surface area contributed by atoms with Gasteiger partial charge in [-0.05, 0) is 54.8 Å². The number of piperazine rings is 1. The molecule has 250 valence electrons. The van der Waals surface area contributed by atoms with Gasteiger partial charge in [-0.15, -0.1) is 0 Å². The van der Waals surface area contributed by atoms with Gasteiger partial charge in [-0.2, -0.15) is 17.4 Å². The number of hydrogen-bond acceptors (Lipinski definition) is 8. The number of methoxy groups -OCH3 is 1. The van der Waals surface area contributed by atoms with Gasteiger partial charge in [0.15, 0.2) is 0 Å². The number of carbonyl (C=O) groups excluding carboxylic acids is 2. The number of benzene rings is 2. The van der Waals surface area contributed by atoms with Crippen LogP contribution in [0.1, 0.15) is 48.7 Å². The van der Waals surface area contributed by atoms with Gasteiger partial charge in [-0.1, -0.05) is 25.7 Å². The van der Waals surface area contributed by atoms with E-state index in [0.717, 1.165) is 11.3 Å². The number of carboxylic acid groups (broad SMARTS) is 1. The third-order valence-electron chi connectivity index (χ3n) is 7.15. The first-order valence-electron chi connectivity index (χ1n) is 15.1.